The first kappa shape index (κ1) is 12.3. The lowest BCUT2D eigenvalue weighted by molar-refractivity contribution is 0.0601. The molecule has 2 rings (SSSR count). The molecule has 0 saturated heterocycles. The van der Waals surface area contributed by atoms with Crippen molar-refractivity contribution in [2.75, 3.05) is 12.8 Å². The van der Waals surface area contributed by atoms with E-state index in [1.807, 2.05) is 0 Å². The van der Waals surface area contributed by atoms with Gasteiger partial charge in [-0.05, 0) is 17.8 Å². The Balaban J connectivity index is 2.27. The minimum Gasteiger partial charge on any atom is -0.465 e. The third-order valence-corrected chi connectivity index (χ3v) is 2.92. The summed E-state index contributed by atoms with van der Waals surface area (Å²) in [5.74, 6) is -0.490. The van der Waals surface area contributed by atoms with Gasteiger partial charge in [-0.2, -0.15) is 0 Å². The summed E-state index contributed by atoms with van der Waals surface area (Å²) in [7, 11) is 1.30. The summed E-state index contributed by atoms with van der Waals surface area (Å²) >= 11 is 1.29. The van der Waals surface area contributed by atoms with Crippen LogP contribution in [0.5, 0.6) is 0 Å². The number of pyridine rings is 1. The van der Waals surface area contributed by atoms with Crippen LogP contribution in [-0.4, -0.2) is 28.0 Å². The fourth-order valence-corrected chi connectivity index (χ4v) is 1.96. The van der Waals surface area contributed by atoms with Crippen molar-refractivity contribution in [1.82, 2.24) is 15.0 Å². The highest BCUT2D eigenvalue weighted by Gasteiger charge is 2.12. The Morgan fingerprint density at radius 2 is 2.11 bits per heavy atom. The fraction of sp³-hybridized carbons (Fsp3) is 0.0909. The molecule has 92 valence electrons. The maximum absolute atomic E-state index is 11.5. The second kappa shape index (κ2) is 5.46. The van der Waals surface area contributed by atoms with Gasteiger partial charge in [-0.1, -0.05) is 0 Å². The molecule has 6 nitrogen and oxygen atoms in total. The topological polar surface area (TPSA) is 91.0 Å². The smallest absolute Gasteiger partial charge is 0.340 e. The molecule has 0 amide bonds. The van der Waals surface area contributed by atoms with Gasteiger partial charge in [0.2, 0.25) is 0 Å². The third-order valence-electron chi connectivity index (χ3n) is 2.06. The number of rotatable bonds is 3. The Kier molecular flexibility index (Phi) is 3.73. The highest BCUT2D eigenvalue weighted by atomic mass is 32.2. The number of carbonyl (C=O) groups excluding carboxylic acids is 1. The zero-order chi connectivity index (χ0) is 13.0. The van der Waals surface area contributed by atoms with Gasteiger partial charge >= 0.3 is 5.97 Å². The van der Waals surface area contributed by atoms with Gasteiger partial charge in [-0.25, -0.2) is 14.8 Å². The molecule has 0 bridgehead atoms. The number of carbonyl (C=O) groups is 1. The summed E-state index contributed by atoms with van der Waals surface area (Å²) in [6, 6.07) is 1.57. The molecule has 0 aliphatic heterocycles. The van der Waals surface area contributed by atoms with Crippen LogP contribution in [0, 0.1) is 0 Å². The van der Waals surface area contributed by atoms with Crippen LogP contribution in [-0.2, 0) is 4.74 Å². The summed E-state index contributed by atoms with van der Waals surface area (Å²) < 4.78 is 4.64. The number of nitrogen functional groups attached to an aromatic ring is 1. The summed E-state index contributed by atoms with van der Waals surface area (Å²) in [6.07, 6.45) is 6.20. The van der Waals surface area contributed by atoms with E-state index in [0.717, 1.165) is 0 Å². The Labute approximate surface area is 108 Å². The predicted molar refractivity (Wildman–Crippen MR) is 66.1 cm³/mol. The van der Waals surface area contributed by atoms with Crippen LogP contribution in [0.2, 0.25) is 0 Å². The number of anilines is 1. The summed E-state index contributed by atoms with van der Waals surface area (Å²) in [5, 5.41) is 1.29. The number of aromatic nitrogens is 3. The molecule has 0 spiro atoms. The Bertz CT molecular complexity index is 562. The van der Waals surface area contributed by atoms with E-state index in [0.29, 0.717) is 15.6 Å². The van der Waals surface area contributed by atoms with Crippen molar-refractivity contribution in [1.29, 1.82) is 0 Å². The third kappa shape index (κ3) is 2.75. The number of nitrogens with zero attached hydrogens (tertiary/aromatic N) is 3. The molecule has 0 atom stereocenters. The van der Waals surface area contributed by atoms with Crippen molar-refractivity contribution in [3.05, 3.63) is 36.4 Å². The lowest BCUT2D eigenvalue weighted by Crippen LogP contribution is -2.06. The van der Waals surface area contributed by atoms with E-state index >= 15 is 0 Å². The first-order valence-corrected chi connectivity index (χ1v) is 5.80. The SMILES string of the molecule is COC(=O)c1cc(Sc2cnccn2)ncc1N. The minimum atomic E-state index is -0.490. The summed E-state index contributed by atoms with van der Waals surface area (Å²) in [6.45, 7) is 0. The summed E-state index contributed by atoms with van der Waals surface area (Å²) in [4.78, 5) is 23.6. The molecular formula is C11H10N4O2S. The number of hydrogen-bond acceptors (Lipinski definition) is 7. The van der Waals surface area contributed by atoms with Crippen LogP contribution in [0.4, 0.5) is 5.69 Å². The quantitative estimate of drug-likeness (QED) is 0.836. The molecule has 7 heteroatoms. The summed E-state index contributed by atoms with van der Waals surface area (Å²) in [5.41, 5.74) is 6.23. The Hall–Kier alpha value is -2.15. The molecule has 0 aliphatic rings. The lowest BCUT2D eigenvalue weighted by Gasteiger charge is -2.05. The van der Waals surface area contributed by atoms with Crippen LogP contribution >= 0.6 is 11.8 Å². The van der Waals surface area contributed by atoms with E-state index in [9.17, 15) is 4.79 Å². The van der Waals surface area contributed by atoms with Gasteiger partial charge in [-0.3, -0.25) is 4.98 Å². The van der Waals surface area contributed by atoms with Crippen molar-refractivity contribution in [2.24, 2.45) is 0 Å². The number of esters is 1. The van der Waals surface area contributed by atoms with Crippen molar-refractivity contribution >= 4 is 23.4 Å². The molecule has 0 radical (unpaired) electrons. The van der Waals surface area contributed by atoms with E-state index in [1.165, 1.54) is 25.1 Å². The highest BCUT2D eigenvalue weighted by molar-refractivity contribution is 7.99. The van der Waals surface area contributed by atoms with E-state index in [1.54, 1.807) is 24.7 Å². The Morgan fingerprint density at radius 1 is 1.28 bits per heavy atom. The normalized spacial score (nSPS) is 10.1. The van der Waals surface area contributed by atoms with Crippen molar-refractivity contribution in [2.45, 2.75) is 10.1 Å². The van der Waals surface area contributed by atoms with E-state index in [2.05, 4.69) is 19.7 Å². The number of ether oxygens (including phenoxy) is 1. The van der Waals surface area contributed by atoms with E-state index in [-0.39, 0.29) is 5.69 Å². The van der Waals surface area contributed by atoms with Crippen LogP contribution in [0.3, 0.4) is 0 Å². The largest absolute Gasteiger partial charge is 0.465 e. The zero-order valence-corrected chi connectivity index (χ0v) is 10.3. The molecule has 0 saturated carbocycles. The fourth-order valence-electron chi connectivity index (χ4n) is 1.23. The van der Waals surface area contributed by atoms with Crippen LogP contribution in [0.1, 0.15) is 10.4 Å². The molecule has 0 unspecified atom stereocenters. The zero-order valence-electron chi connectivity index (χ0n) is 9.53. The maximum Gasteiger partial charge on any atom is 0.340 e. The van der Waals surface area contributed by atoms with Crippen molar-refractivity contribution < 1.29 is 9.53 Å². The average Bonchev–Trinajstić information content (AvgIpc) is 2.41. The van der Waals surface area contributed by atoms with Gasteiger partial charge in [0.1, 0.15) is 10.1 Å². The molecule has 0 aliphatic carbocycles. The van der Waals surface area contributed by atoms with E-state index in [4.69, 9.17) is 5.73 Å². The molecule has 2 N–H and O–H groups in total. The molecule has 2 heterocycles. The molecular weight excluding hydrogens is 252 g/mol. The second-order valence-electron chi connectivity index (χ2n) is 3.25. The first-order chi connectivity index (χ1) is 8.70. The van der Waals surface area contributed by atoms with Gasteiger partial charge in [-0.15, -0.1) is 0 Å². The second-order valence-corrected chi connectivity index (χ2v) is 4.29. The van der Waals surface area contributed by atoms with Gasteiger partial charge < -0.3 is 10.5 Å². The van der Waals surface area contributed by atoms with Crippen LogP contribution < -0.4 is 5.73 Å². The molecule has 2 aromatic rings. The van der Waals surface area contributed by atoms with Crippen LogP contribution in [0.15, 0.2) is 40.9 Å². The van der Waals surface area contributed by atoms with Gasteiger partial charge in [0.15, 0.2) is 0 Å². The Morgan fingerprint density at radius 3 is 2.78 bits per heavy atom. The molecule has 0 aromatic carbocycles. The maximum atomic E-state index is 11.5. The van der Waals surface area contributed by atoms with Crippen LogP contribution in [0.25, 0.3) is 0 Å². The van der Waals surface area contributed by atoms with Crippen molar-refractivity contribution in [3.8, 4) is 0 Å². The average molecular weight is 262 g/mol. The molecule has 18 heavy (non-hydrogen) atoms. The van der Waals surface area contributed by atoms with Gasteiger partial charge in [0.25, 0.3) is 0 Å². The van der Waals surface area contributed by atoms with Gasteiger partial charge in [0.05, 0.1) is 30.8 Å². The molecule has 2 aromatic heterocycles. The lowest BCUT2D eigenvalue weighted by atomic mass is 10.2. The molecule has 0 fully saturated rings. The number of hydrogen-bond donors (Lipinski definition) is 1. The standard InChI is InChI=1S/C11H10N4O2S/c1-17-11(16)7-4-9(15-5-8(7)12)18-10-6-13-2-3-14-10/h2-6H,12H2,1H3. The van der Waals surface area contributed by atoms with Gasteiger partial charge in [0, 0.05) is 12.4 Å². The number of nitrogens with two attached hydrogens (primary N) is 1. The minimum absolute atomic E-state index is 0.283. The highest BCUT2D eigenvalue weighted by Crippen LogP contribution is 2.25. The first-order valence-electron chi connectivity index (χ1n) is 4.98. The predicted octanol–water partition coefficient (Wildman–Crippen LogP) is 1.39. The van der Waals surface area contributed by atoms with E-state index < -0.39 is 5.97 Å². The number of methoxy groups -OCH3 is 1. The monoisotopic (exact) mass is 262 g/mol. The van der Waals surface area contributed by atoms with Crippen molar-refractivity contribution in [3.63, 3.8) is 0 Å².